The fraction of sp³-hybridized carbons (Fsp3) is 0.476. The molecule has 2 heterocycles. The molecule has 0 aliphatic carbocycles. The molecular weight excluding hydrogens is 342 g/mol. The van der Waals surface area contributed by atoms with E-state index in [2.05, 4.69) is 12.6 Å². The van der Waals surface area contributed by atoms with Crippen LogP contribution >= 0.6 is 0 Å². The Bertz CT molecular complexity index is 730. The molecule has 142 valence electrons. The molecular formula is C21H25N3O3. The van der Waals surface area contributed by atoms with Crippen molar-refractivity contribution in [2.24, 2.45) is 5.92 Å². The van der Waals surface area contributed by atoms with Crippen molar-refractivity contribution in [3.8, 4) is 11.8 Å². The van der Waals surface area contributed by atoms with Crippen molar-refractivity contribution in [1.29, 1.82) is 5.26 Å². The van der Waals surface area contributed by atoms with E-state index in [1.54, 1.807) is 17.0 Å². The lowest BCUT2D eigenvalue weighted by Crippen LogP contribution is -2.49. The Morgan fingerprint density at radius 1 is 1.11 bits per heavy atom. The summed E-state index contributed by atoms with van der Waals surface area (Å²) in [7, 11) is 0. The van der Waals surface area contributed by atoms with Crippen LogP contribution in [-0.2, 0) is 9.59 Å². The van der Waals surface area contributed by atoms with Gasteiger partial charge in [0.15, 0.2) is 0 Å². The normalized spacial score (nSPS) is 20.6. The molecule has 0 spiro atoms. The van der Waals surface area contributed by atoms with Crippen molar-refractivity contribution in [3.05, 3.63) is 42.5 Å². The van der Waals surface area contributed by atoms with Gasteiger partial charge >= 0.3 is 0 Å². The molecule has 6 nitrogen and oxygen atoms in total. The van der Waals surface area contributed by atoms with Crippen molar-refractivity contribution in [2.75, 3.05) is 26.2 Å². The standard InChI is InChI=1S/C21H25N3O3/c1-2-20(25)24-11-3-4-17(15-24)21(26)23-12-9-19(10-13-23)27-18-7-5-16(14-22)6-8-18/h2,5-8,17,19H,1,3-4,9-13,15H2. The smallest absolute Gasteiger partial charge is 0.245 e. The van der Waals surface area contributed by atoms with Crippen LogP contribution in [0.4, 0.5) is 0 Å². The molecule has 1 aromatic carbocycles. The third-order valence-corrected chi connectivity index (χ3v) is 5.30. The number of carbonyl (C=O) groups excluding carboxylic acids is 2. The summed E-state index contributed by atoms with van der Waals surface area (Å²) in [6, 6.07) is 9.20. The number of carbonyl (C=O) groups is 2. The highest BCUT2D eigenvalue weighted by molar-refractivity contribution is 5.88. The topological polar surface area (TPSA) is 73.6 Å². The fourth-order valence-electron chi connectivity index (χ4n) is 3.76. The first-order valence-electron chi connectivity index (χ1n) is 9.47. The number of hydrogen-bond acceptors (Lipinski definition) is 4. The SMILES string of the molecule is C=CC(=O)N1CCCC(C(=O)N2CCC(Oc3ccc(C#N)cc3)CC2)C1. The van der Waals surface area contributed by atoms with Crippen LogP contribution in [0.25, 0.3) is 0 Å². The first-order valence-corrected chi connectivity index (χ1v) is 9.47. The Morgan fingerprint density at radius 2 is 1.81 bits per heavy atom. The molecule has 0 aromatic heterocycles. The molecule has 0 saturated carbocycles. The van der Waals surface area contributed by atoms with Crippen LogP contribution in [-0.4, -0.2) is 53.9 Å². The number of nitrogens with zero attached hydrogens (tertiary/aromatic N) is 3. The minimum atomic E-state index is -0.112. The maximum atomic E-state index is 12.8. The number of ether oxygens (including phenoxy) is 1. The number of hydrogen-bond donors (Lipinski definition) is 0. The fourth-order valence-corrected chi connectivity index (χ4v) is 3.76. The van der Waals surface area contributed by atoms with E-state index in [1.807, 2.05) is 17.0 Å². The van der Waals surface area contributed by atoms with Gasteiger partial charge in [0, 0.05) is 39.0 Å². The van der Waals surface area contributed by atoms with E-state index in [1.165, 1.54) is 6.08 Å². The Labute approximate surface area is 160 Å². The number of amides is 2. The minimum absolute atomic E-state index is 0.0761. The van der Waals surface area contributed by atoms with Crippen LogP contribution in [0.3, 0.4) is 0 Å². The summed E-state index contributed by atoms with van der Waals surface area (Å²) < 4.78 is 5.98. The van der Waals surface area contributed by atoms with Gasteiger partial charge in [-0.05, 0) is 43.2 Å². The zero-order valence-corrected chi connectivity index (χ0v) is 15.5. The molecule has 2 saturated heterocycles. The van der Waals surface area contributed by atoms with E-state index in [0.29, 0.717) is 31.7 Å². The zero-order valence-electron chi connectivity index (χ0n) is 15.5. The lowest BCUT2D eigenvalue weighted by molar-refractivity contribution is -0.141. The van der Waals surface area contributed by atoms with E-state index in [0.717, 1.165) is 31.4 Å². The Morgan fingerprint density at radius 3 is 2.44 bits per heavy atom. The Balaban J connectivity index is 1.49. The maximum Gasteiger partial charge on any atom is 0.245 e. The van der Waals surface area contributed by atoms with Crippen LogP contribution in [0.1, 0.15) is 31.2 Å². The second kappa shape index (κ2) is 8.72. The first kappa shape index (κ1) is 19.0. The van der Waals surface area contributed by atoms with Crippen LogP contribution in [0.2, 0.25) is 0 Å². The third-order valence-electron chi connectivity index (χ3n) is 5.30. The van der Waals surface area contributed by atoms with Crippen LogP contribution in [0, 0.1) is 17.2 Å². The second-order valence-corrected chi connectivity index (χ2v) is 7.11. The van der Waals surface area contributed by atoms with Gasteiger partial charge in [0.2, 0.25) is 11.8 Å². The van der Waals surface area contributed by atoms with Gasteiger partial charge in [-0.2, -0.15) is 5.26 Å². The van der Waals surface area contributed by atoms with Crippen LogP contribution < -0.4 is 4.74 Å². The molecule has 3 rings (SSSR count). The van der Waals surface area contributed by atoms with E-state index in [4.69, 9.17) is 10.00 Å². The van der Waals surface area contributed by atoms with Crippen molar-refractivity contribution >= 4 is 11.8 Å². The summed E-state index contributed by atoms with van der Waals surface area (Å²) in [4.78, 5) is 28.3. The monoisotopic (exact) mass is 367 g/mol. The van der Waals surface area contributed by atoms with Crippen molar-refractivity contribution in [1.82, 2.24) is 9.80 Å². The predicted molar refractivity (Wildman–Crippen MR) is 101 cm³/mol. The highest BCUT2D eigenvalue weighted by atomic mass is 16.5. The molecule has 2 amide bonds. The second-order valence-electron chi connectivity index (χ2n) is 7.11. The summed E-state index contributed by atoms with van der Waals surface area (Å²) in [5.41, 5.74) is 0.610. The van der Waals surface area contributed by atoms with E-state index < -0.39 is 0 Å². The minimum Gasteiger partial charge on any atom is -0.490 e. The molecule has 0 N–H and O–H groups in total. The lowest BCUT2D eigenvalue weighted by atomic mass is 9.95. The van der Waals surface area contributed by atoms with Gasteiger partial charge in [-0.3, -0.25) is 9.59 Å². The summed E-state index contributed by atoms with van der Waals surface area (Å²) in [6.07, 6.45) is 4.66. The highest BCUT2D eigenvalue weighted by Crippen LogP contribution is 2.23. The average Bonchev–Trinajstić information content (AvgIpc) is 2.74. The largest absolute Gasteiger partial charge is 0.490 e. The molecule has 6 heteroatoms. The highest BCUT2D eigenvalue weighted by Gasteiger charge is 2.32. The van der Waals surface area contributed by atoms with E-state index in [9.17, 15) is 9.59 Å². The van der Waals surface area contributed by atoms with Crippen molar-refractivity contribution < 1.29 is 14.3 Å². The number of piperidine rings is 2. The Hall–Kier alpha value is -2.81. The maximum absolute atomic E-state index is 12.8. The van der Waals surface area contributed by atoms with Gasteiger partial charge in [-0.25, -0.2) is 0 Å². The van der Waals surface area contributed by atoms with Crippen LogP contribution in [0.5, 0.6) is 5.75 Å². The summed E-state index contributed by atoms with van der Waals surface area (Å²) in [5, 5.41) is 8.84. The summed E-state index contributed by atoms with van der Waals surface area (Å²) in [5.74, 6) is 0.693. The predicted octanol–water partition coefficient (Wildman–Crippen LogP) is 2.35. The Kier molecular flexibility index (Phi) is 6.12. The van der Waals surface area contributed by atoms with Crippen molar-refractivity contribution in [3.63, 3.8) is 0 Å². The first-order chi connectivity index (χ1) is 13.1. The quantitative estimate of drug-likeness (QED) is 0.766. The summed E-state index contributed by atoms with van der Waals surface area (Å²) in [6.45, 7) is 6.07. The molecule has 2 aliphatic rings. The molecule has 2 fully saturated rings. The molecule has 27 heavy (non-hydrogen) atoms. The number of likely N-dealkylation sites (tertiary alicyclic amines) is 2. The van der Waals surface area contributed by atoms with Gasteiger partial charge in [-0.15, -0.1) is 0 Å². The van der Waals surface area contributed by atoms with E-state index >= 15 is 0 Å². The molecule has 1 unspecified atom stereocenters. The molecule has 2 aliphatic heterocycles. The van der Waals surface area contributed by atoms with Crippen LogP contribution in [0.15, 0.2) is 36.9 Å². The van der Waals surface area contributed by atoms with Gasteiger partial charge in [-0.1, -0.05) is 6.58 Å². The average molecular weight is 367 g/mol. The lowest BCUT2D eigenvalue weighted by Gasteiger charge is -2.37. The number of rotatable bonds is 4. The molecule has 0 radical (unpaired) electrons. The number of benzene rings is 1. The van der Waals surface area contributed by atoms with E-state index in [-0.39, 0.29) is 23.8 Å². The molecule has 0 bridgehead atoms. The zero-order chi connectivity index (χ0) is 19.2. The summed E-state index contributed by atoms with van der Waals surface area (Å²) >= 11 is 0. The van der Waals surface area contributed by atoms with Gasteiger partial charge < -0.3 is 14.5 Å². The van der Waals surface area contributed by atoms with Gasteiger partial charge in [0.25, 0.3) is 0 Å². The van der Waals surface area contributed by atoms with Crippen molar-refractivity contribution in [2.45, 2.75) is 31.8 Å². The third kappa shape index (κ3) is 4.68. The van der Waals surface area contributed by atoms with Gasteiger partial charge in [0.1, 0.15) is 11.9 Å². The van der Waals surface area contributed by atoms with Gasteiger partial charge in [0.05, 0.1) is 17.6 Å². The molecule has 1 atom stereocenters. The number of nitriles is 1. The molecule has 1 aromatic rings.